The number of aryl methyl sites for hydroxylation is 1. The van der Waals surface area contributed by atoms with Crippen molar-refractivity contribution in [2.45, 2.75) is 19.5 Å². The fourth-order valence-corrected chi connectivity index (χ4v) is 4.70. The zero-order valence-corrected chi connectivity index (χ0v) is 16.8. The maximum absolute atomic E-state index is 12.6. The van der Waals surface area contributed by atoms with E-state index in [9.17, 15) is 4.79 Å². The predicted molar refractivity (Wildman–Crippen MR) is 111 cm³/mol. The van der Waals surface area contributed by atoms with E-state index < -0.39 is 0 Å². The lowest BCUT2D eigenvalue weighted by atomic mass is 9.88. The number of carbonyl (C=O) groups excluding carboxylic acids is 1. The summed E-state index contributed by atoms with van der Waals surface area (Å²) in [5, 5.41) is 3.08. The van der Waals surface area contributed by atoms with Gasteiger partial charge in [-0.25, -0.2) is 4.79 Å². The fraction of sp³-hybridized carbons (Fsp3) is 0.409. The summed E-state index contributed by atoms with van der Waals surface area (Å²) in [6.07, 6.45) is 0. The van der Waals surface area contributed by atoms with Crippen molar-refractivity contribution in [2.75, 3.05) is 26.7 Å². The number of halogens is 1. The van der Waals surface area contributed by atoms with E-state index in [0.717, 1.165) is 25.2 Å². The molecular formula is C22H28ClN3O. The minimum atomic E-state index is 0. The van der Waals surface area contributed by atoms with Gasteiger partial charge in [0, 0.05) is 38.1 Å². The highest BCUT2D eigenvalue weighted by Gasteiger charge is 2.47. The first-order valence-corrected chi connectivity index (χ1v) is 9.46. The molecule has 0 spiro atoms. The van der Waals surface area contributed by atoms with Crippen LogP contribution in [0, 0.1) is 18.8 Å². The van der Waals surface area contributed by atoms with Gasteiger partial charge in [-0.05, 0) is 36.6 Å². The smallest absolute Gasteiger partial charge is 0.317 e. The monoisotopic (exact) mass is 385 g/mol. The second kappa shape index (κ2) is 8.32. The van der Waals surface area contributed by atoms with Gasteiger partial charge in [-0.15, -0.1) is 12.4 Å². The molecule has 27 heavy (non-hydrogen) atoms. The van der Waals surface area contributed by atoms with Crippen molar-refractivity contribution in [1.82, 2.24) is 15.1 Å². The molecule has 4 nitrogen and oxygen atoms in total. The van der Waals surface area contributed by atoms with Crippen LogP contribution in [0.5, 0.6) is 0 Å². The Kier molecular flexibility index (Phi) is 6.08. The van der Waals surface area contributed by atoms with E-state index in [4.69, 9.17) is 0 Å². The molecule has 0 saturated carbocycles. The second-order valence-corrected chi connectivity index (χ2v) is 7.71. The van der Waals surface area contributed by atoms with Crippen molar-refractivity contribution in [2.24, 2.45) is 11.8 Å². The Hall–Kier alpha value is -2.04. The number of nitrogens with one attached hydrogen (secondary N) is 1. The summed E-state index contributed by atoms with van der Waals surface area (Å²) < 4.78 is 0. The quantitative estimate of drug-likeness (QED) is 0.870. The molecule has 2 saturated heterocycles. The average molecular weight is 386 g/mol. The van der Waals surface area contributed by atoms with Gasteiger partial charge in [0.25, 0.3) is 0 Å². The molecule has 2 aliphatic rings. The zero-order chi connectivity index (χ0) is 18.1. The van der Waals surface area contributed by atoms with Crippen LogP contribution in [0.25, 0.3) is 0 Å². The van der Waals surface area contributed by atoms with Crippen molar-refractivity contribution in [3.8, 4) is 0 Å². The van der Waals surface area contributed by atoms with Gasteiger partial charge in [0.05, 0.1) is 0 Å². The highest BCUT2D eigenvalue weighted by atomic mass is 35.5. The van der Waals surface area contributed by atoms with Gasteiger partial charge in [0.2, 0.25) is 0 Å². The minimum Gasteiger partial charge on any atom is -0.334 e. The summed E-state index contributed by atoms with van der Waals surface area (Å²) in [7, 11) is 2.22. The number of amides is 2. The molecule has 2 aromatic rings. The topological polar surface area (TPSA) is 35.6 Å². The Morgan fingerprint density at radius 3 is 2.48 bits per heavy atom. The summed E-state index contributed by atoms with van der Waals surface area (Å²) in [5.41, 5.74) is 3.89. The van der Waals surface area contributed by atoms with Crippen LogP contribution in [0.1, 0.15) is 22.7 Å². The van der Waals surface area contributed by atoms with Crippen LogP contribution in [0.15, 0.2) is 54.6 Å². The number of carbonyl (C=O) groups is 1. The normalized spacial score (nSPS) is 24.4. The lowest BCUT2D eigenvalue weighted by Crippen LogP contribution is -2.40. The first-order valence-electron chi connectivity index (χ1n) is 9.46. The van der Waals surface area contributed by atoms with E-state index in [0.29, 0.717) is 24.4 Å². The van der Waals surface area contributed by atoms with Gasteiger partial charge in [-0.3, -0.25) is 4.90 Å². The maximum Gasteiger partial charge on any atom is 0.317 e. The van der Waals surface area contributed by atoms with Crippen LogP contribution >= 0.6 is 12.4 Å². The highest BCUT2D eigenvalue weighted by molar-refractivity contribution is 5.85. The van der Waals surface area contributed by atoms with E-state index in [-0.39, 0.29) is 18.4 Å². The Balaban J connectivity index is 0.00000210. The van der Waals surface area contributed by atoms with Gasteiger partial charge in [-0.2, -0.15) is 0 Å². The van der Waals surface area contributed by atoms with Gasteiger partial charge in [-0.1, -0.05) is 54.6 Å². The number of urea groups is 1. The lowest BCUT2D eigenvalue weighted by molar-refractivity contribution is 0.193. The zero-order valence-electron chi connectivity index (χ0n) is 16.0. The molecule has 0 aliphatic carbocycles. The standard InChI is InChI=1S/C22H27N3O.ClH/c1-16-8-6-7-11-19(16)21-20-15-25(14-18(20)13-24(21)2)22(26)23-12-17-9-4-3-5-10-17;/h3-11,18,20-21H,12-15H2,1-2H3,(H,23,26);1H/t18-,20+,21+;/m0./s1. The summed E-state index contributed by atoms with van der Waals surface area (Å²) in [6, 6.07) is 19.2. The summed E-state index contributed by atoms with van der Waals surface area (Å²) in [5.74, 6) is 1.08. The largest absolute Gasteiger partial charge is 0.334 e. The minimum absolute atomic E-state index is 0. The number of benzene rings is 2. The summed E-state index contributed by atoms with van der Waals surface area (Å²) in [4.78, 5) is 17.1. The van der Waals surface area contributed by atoms with Crippen molar-refractivity contribution < 1.29 is 4.79 Å². The van der Waals surface area contributed by atoms with Crippen LogP contribution in [-0.2, 0) is 6.54 Å². The molecular weight excluding hydrogens is 358 g/mol. The molecule has 1 N–H and O–H groups in total. The third-order valence-corrected chi connectivity index (χ3v) is 5.98. The molecule has 2 amide bonds. The number of nitrogens with zero attached hydrogens (tertiary/aromatic N) is 2. The van der Waals surface area contributed by atoms with Gasteiger partial charge >= 0.3 is 6.03 Å². The highest BCUT2D eigenvalue weighted by Crippen LogP contribution is 2.44. The fourth-order valence-electron chi connectivity index (χ4n) is 4.70. The Bertz CT molecular complexity index is 782. The molecule has 2 aromatic carbocycles. The van der Waals surface area contributed by atoms with Crippen molar-refractivity contribution >= 4 is 18.4 Å². The molecule has 0 aromatic heterocycles. The maximum atomic E-state index is 12.6. The second-order valence-electron chi connectivity index (χ2n) is 7.71. The van der Waals surface area contributed by atoms with Crippen molar-refractivity contribution in [3.05, 3.63) is 71.3 Å². The molecule has 2 heterocycles. The lowest BCUT2D eigenvalue weighted by Gasteiger charge is -2.28. The van der Waals surface area contributed by atoms with Crippen LogP contribution in [0.3, 0.4) is 0 Å². The van der Waals surface area contributed by atoms with E-state index in [1.54, 1.807) is 0 Å². The van der Waals surface area contributed by atoms with Crippen LogP contribution < -0.4 is 5.32 Å². The molecule has 144 valence electrons. The van der Waals surface area contributed by atoms with Crippen LogP contribution in [-0.4, -0.2) is 42.5 Å². The number of fused-ring (bicyclic) bond motifs is 1. The molecule has 0 radical (unpaired) electrons. The molecule has 4 rings (SSSR count). The van der Waals surface area contributed by atoms with Crippen LogP contribution in [0.2, 0.25) is 0 Å². The Labute approximate surface area is 168 Å². The summed E-state index contributed by atoms with van der Waals surface area (Å²) in [6.45, 7) is 5.54. The van der Waals surface area contributed by atoms with Gasteiger partial charge in [0.15, 0.2) is 0 Å². The predicted octanol–water partition coefficient (Wildman–Crippen LogP) is 3.86. The first-order chi connectivity index (χ1) is 12.6. The molecule has 0 bridgehead atoms. The number of rotatable bonds is 3. The number of hydrogen-bond donors (Lipinski definition) is 1. The van der Waals surface area contributed by atoms with E-state index in [1.807, 2.05) is 35.2 Å². The van der Waals surface area contributed by atoms with E-state index in [2.05, 4.69) is 48.5 Å². The van der Waals surface area contributed by atoms with Crippen molar-refractivity contribution in [1.29, 1.82) is 0 Å². The van der Waals surface area contributed by atoms with Crippen molar-refractivity contribution in [3.63, 3.8) is 0 Å². The van der Waals surface area contributed by atoms with Gasteiger partial charge < -0.3 is 10.2 Å². The van der Waals surface area contributed by atoms with Gasteiger partial charge in [0.1, 0.15) is 0 Å². The third-order valence-electron chi connectivity index (χ3n) is 5.98. The average Bonchev–Trinajstić information content (AvgIpc) is 3.18. The molecule has 2 fully saturated rings. The SMILES string of the molecule is Cc1ccccc1[C@@H]1[C@@H]2CN(C(=O)NCc3ccccc3)C[C@@H]2CN1C.Cl. The van der Waals surface area contributed by atoms with E-state index in [1.165, 1.54) is 11.1 Å². The molecule has 3 atom stereocenters. The first kappa shape index (κ1) is 19.7. The summed E-state index contributed by atoms with van der Waals surface area (Å²) >= 11 is 0. The number of likely N-dealkylation sites (tertiary alicyclic amines) is 2. The Morgan fingerprint density at radius 2 is 1.74 bits per heavy atom. The molecule has 5 heteroatoms. The molecule has 2 aliphatic heterocycles. The van der Waals surface area contributed by atoms with E-state index >= 15 is 0 Å². The van der Waals surface area contributed by atoms with Crippen LogP contribution in [0.4, 0.5) is 4.79 Å². The Morgan fingerprint density at radius 1 is 1.04 bits per heavy atom. The third kappa shape index (κ3) is 3.97. The number of hydrogen-bond acceptors (Lipinski definition) is 2. The molecule has 0 unspecified atom stereocenters.